The van der Waals surface area contributed by atoms with Gasteiger partial charge < -0.3 is 4.74 Å². The van der Waals surface area contributed by atoms with Gasteiger partial charge in [0.15, 0.2) is 5.78 Å². The highest BCUT2D eigenvalue weighted by molar-refractivity contribution is 9.12. The summed E-state index contributed by atoms with van der Waals surface area (Å²) in [7, 11) is 1.60. The molecule has 0 bridgehead atoms. The van der Waals surface area contributed by atoms with Crippen LogP contribution in [0.25, 0.3) is 6.08 Å². The van der Waals surface area contributed by atoms with Crippen LogP contribution in [-0.4, -0.2) is 12.9 Å². The lowest BCUT2D eigenvalue weighted by Crippen LogP contribution is -1.98. The fraction of sp³-hybridized carbons (Fsp3) is 0.167. The van der Waals surface area contributed by atoms with Crippen molar-refractivity contribution in [2.45, 2.75) is 13.8 Å². The zero-order chi connectivity index (χ0) is 15.4. The van der Waals surface area contributed by atoms with E-state index in [1.54, 1.807) is 31.4 Å². The van der Waals surface area contributed by atoms with Crippen molar-refractivity contribution in [3.05, 3.63) is 69.2 Å². The molecule has 0 aromatic heterocycles. The lowest BCUT2D eigenvalue weighted by atomic mass is 10.0. The lowest BCUT2D eigenvalue weighted by Gasteiger charge is -2.04. The number of allylic oxidation sites excluding steroid dienone is 1. The maximum atomic E-state index is 12.3. The number of methoxy groups -OCH3 is 1. The molecule has 0 saturated heterocycles. The summed E-state index contributed by atoms with van der Waals surface area (Å²) in [6.45, 7) is 4.13. The van der Waals surface area contributed by atoms with E-state index in [1.807, 2.05) is 12.1 Å². The number of hydrogen-bond acceptors (Lipinski definition) is 2. The molecule has 0 spiro atoms. The number of benzene rings is 2. The Kier molecular flexibility index (Phi) is 4.97. The monoisotopic (exact) mass is 344 g/mol. The van der Waals surface area contributed by atoms with Crippen molar-refractivity contribution in [1.29, 1.82) is 0 Å². The molecule has 2 aromatic rings. The molecule has 108 valence electrons. The van der Waals surface area contributed by atoms with Gasteiger partial charge >= 0.3 is 0 Å². The second-order valence-corrected chi connectivity index (χ2v) is 5.75. The topological polar surface area (TPSA) is 26.3 Å². The molecule has 0 atom stereocenters. The average Bonchev–Trinajstić information content (AvgIpc) is 2.50. The minimum absolute atomic E-state index is 0.0455. The van der Waals surface area contributed by atoms with Crippen molar-refractivity contribution in [3.8, 4) is 5.75 Å². The summed E-state index contributed by atoms with van der Waals surface area (Å²) >= 11 is 3.38. The molecule has 21 heavy (non-hydrogen) atoms. The van der Waals surface area contributed by atoms with Gasteiger partial charge in [0.25, 0.3) is 0 Å². The zero-order valence-corrected chi connectivity index (χ0v) is 13.9. The molecule has 2 nitrogen and oxygen atoms in total. The minimum Gasteiger partial charge on any atom is -0.497 e. The molecule has 2 aromatic carbocycles. The molecule has 0 radical (unpaired) electrons. The van der Waals surface area contributed by atoms with E-state index in [2.05, 4.69) is 41.9 Å². The third-order valence-electron chi connectivity index (χ3n) is 3.39. The number of ether oxygens (including phenoxy) is 1. The Morgan fingerprint density at radius 1 is 1.05 bits per heavy atom. The summed E-state index contributed by atoms with van der Waals surface area (Å²) in [4.78, 5) is 12.3. The predicted molar refractivity (Wildman–Crippen MR) is 90.1 cm³/mol. The van der Waals surface area contributed by atoms with Gasteiger partial charge in [0.2, 0.25) is 0 Å². The van der Waals surface area contributed by atoms with Crippen molar-refractivity contribution < 1.29 is 9.53 Å². The first-order chi connectivity index (χ1) is 10.0. The summed E-state index contributed by atoms with van der Waals surface area (Å²) in [5, 5.41) is 0. The zero-order valence-electron chi connectivity index (χ0n) is 12.3. The van der Waals surface area contributed by atoms with Crippen LogP contribution in [0.5, 0.6) is 5.75 Å². The van der Waals surface area contributed by atoms with Gasteiger partial charge in [0, 0.05) is 5.56 Å². The van der Waals surface area contributed by atoms with Crippen LogP contribution in [-0.2, 0) is 0 Å². The van der Waals surface area contributed by atoms with Gasteiger partial charge in [-0.05, 0) is 76.8 Å². The van der Waals surface area contributed by atoms with E-state index >= 15 is 0 Å². The number of halogens is 1. The first-order valence-electron chi connectivity index (χ1n) is 6.64. The molecule has 3 heteroatoms. The number of ketones is 1. The number of rotatable bonds is 4. The molecule has 0 aliphatic carbocycles. The molecular weight excluding hydrogens is 328 g/mol. The Hall–Kier alpha value is -1.87. The number of carbonyl (C=O) groups is 1. The Labute approximate surface area is 133 Å². The molecule has 0 heterocycles. The minimum atomic E-state index is -0.0455. The van der Waals surface area contributed by atoms with E-state index in [9.17, 15) is 4.79 Å². The van der Waals surface area contributed by atoms with Gasteiger partial charge in [-0.2, -0.15) is 0 Å². The smallest absolute Gasteiger partial charge is 0.199 e. The van der Waals surface area contributed by atoms with Gasteiger partial charge in [-0.3, -0.25) is 4.79 Å². The van der Waals surface area contributed by atoms with Gasteiger partial charge in [-0.25, -0.2) is 0 Å². The summed E-state index contributed by atoms with van der Waals surface area (Å²) in [6.07, 6.45) is 1.85. The van der Waals surface area contributed by atoms with Crippen molar-refractivity contribution >= 4 is 27.8 Å². The van der Waals surface area contributed by atoms with Crippen molar-refractivity contribution in [2.75, 3.05) is 7.11 Å². The van der Waals surface area contributed by atoms with E-state index in [-0.39, 0.29) is 5.78 Å². The van der Waals surface area contributed by atoms with Crippen LogP contribution < -0.4 is 4.74 Å². The quantitative estimate of drug-likeness (QED) is 0.580. The number of carbonyl (C=O) groups excluding carboxylic acids is 1. The van der Waals surface area contributed by atoms with Crippen LogP contribution in [0, 0.1) is 13.8 Å². The SMILES string of the molecule is COc1ccc(C(=O)/C(Br)=C/c2ccc(C)c(C)c2)cc1. The molecule has 0 unspecified atom stereocenters. The van der Waals surface area contributed by atoms with Crippen LogP contribution in [0.3, 0.4) is 0 Å². The van der Waals surface area contributed by atoms with Crippen molar-refractivity contribution in [3.63, 3.8) is 0 Å². The first kappa shape index (κ1) is 15.5. The fourth-order valence-electron chi connectivity index (χ4n) is 1.95. The fourth-order valence-corrected chi connectivity index (χ4v) is 2.44. The summed E-state index contributed by atoms with van der Waals surface area (Å²) in [5.41, 5.74) is 4.08. The third-order valence-corrected chi connectivity index (χ3v) is 3.98. The number of aryl methyl sites for hydroxylation is 2. The van der Waals surface area contributed by atoms with Crippen LogP contribution in [0.2, 0.25) is 0 Å². The molecule has 0 aliphatic heterocycles. The molecule has 0 aliphatic rings. The molecule has 0 N–H and O–H groups in total. The maximum Gasteiger partial charge on any atom is 0.199 e. The largest absolute Gasteiger partial charge is 0.497 e. The van der Waals surface area contributed by atoms with Crippen molar-refractivity contribution in [1.82, 2.24) is 0 Å². The lowest BCUT2D eigenvalue weighted by molar-refractivity contribution is 0.104. The highest BCUT2D eigenvalue weighted by Crippen LogP contribution is 2.21. The van der Waals surface area contributed by atoms with E-state index in [0.717, 1.165) is 11.3 Å². The summed E-state index contributed by atoms with van der Waals surface area (Å²) in [5.74, 6) is 0.691. The summed E-state index contributed by atoms with van der Waals surface area (Å²) in [6, 6.07) is 13.2. The second-order valence-electron chi connectivity index (χ2n) is 4.89. The second kappa shape index (κ2) is 6.72. The van der Waals surface area contributed by atoms with Gasteiger partial charge in [0.05, 0.1) is 11.6 Å². The maximum absolute atomic E-state index is 12.3. The van der Waals surface area contributed by atoms with Gasteiger partial charge in [0.1, 0.15) is 5.75 Å². The Balaban J connectivity index is 2.24. The molecular formula is C18H17BrO2. The Bertz CT molecular complexity index is 685. The molecule has 0 saturated carbocycles. The van der Waals surface area contributed by atoms with E-state index < -0.39 is 0 Å². The van der Waals surface area contributed by atoms with Crippen LogP contribution in [0.4, 0.5) is 0 Å². The normalized spacial score (nSPS) is 11.3. The molecule has 2 rings (SSSR count). The van der Waals surface area contributed by atoms with Gasteiger partial charge in [-0.15, -0.1) is 0 Å². The standard InChI is InChI=1S/C18H17BrO2/c1-12-4-5-14(10-13(12)2)11-17(19)18(20)15-6-8-16(21-3)9-7-15/h4-11H,1-3H3/b17-11-. The molecule has 0 fully saturated rings. The van der Waals surface area contributed by atoms with Gasteiger partial charge in [-0.1, -0.05) is 18.2 Å². The number of hydrogen-bond donors (Lipinski definition) is 0. The Morgan fingerprint density at radius 3 is 2.29 bits per heavy atom. The van der Waals surface area contributed by atoms with Crippen LogP contribution >= 0.6 is 15.9 Å². The van der Waals surface area contributed by atoms with Crippen LogP contribution in [0.1, 0.15) is 27.0 Å². The highest BCUT2D eigenvalue weighted by atomic mass is 79.9. The van der Waals surface area contributed by atoms with Crippen molar-refractivity contribution in [2.24, 2.45) is 0 Å². The molecule has 0 amide bonds. The van der Waals surface area contributed by atoms with Crippen LogP contribution in [0.15, 0.2) is 46.9 Å². The van der Waals surface area contributed by atoms with E-state index in [4.69, 9.17) is 4.74 Å². The highest BCUT2D eigenvalue weighted by Gasteiger charge is 2.10. The van der Waals surface area contributed by atoms with E-state index in [1.165, 1.54) is 11.1 Å². The predicted octanol–water partition coefficient (Wildman–Crippen LogP) is 4.93. The van der Waals surface area contributed by atoms with E-state index in [0.29, 0.717) is 10.0 Å². The Morgan fingerprint density at radius 2 is 1.71 bits per heavy atom. The number of Topliss-reactive ketones (excluding diaryl/α,β-unsaturated/α-hetero) is 1. The average molecular weight is 345 g/mol. The third kappa shape index (κ3) is 3.82. The summed E-state index contributed by atoms with van der Waals surface area (Å²) < 4.78 is 5.63. The first-order valence-corrected chi connectivity index (χ1v) is 7.44.